The van der Waals surface area contributed by atoms with Crippen molar-refractivity contribution in [3.63, 3.8) is 0 Å². The molecule has 2 rings (SSSR count). The highest BCUT2D eigenvalue weighted by atomic mass is 35.5. The first kappa shape index (κ1) is 22.1. The van der Waals surface area contributed by atoms with Crippen molar-refractivity contribution in [1.82, 2.24) is 9.55 Å². The number of unbranched alkanes of at least 4 members (excludes halogenated alkanes) is 5. The van der Waals surface area contributed by atoms with Crippen molar-refractivity contribution < 1.29 is 9.53 Å². The number of carbonyl (C=O) groups excluding carboxylic acids is 1. The quantitative estimate of drug-likeness (QED) is 0.214. The first-order valence-electron chi connectivity index (χ1n) is 9.32. The second-order valence-corrected chi connectivity index (χ2v) is 8.30. The number of nitrogens with zero attached hydrogens (tertiary/aromatic N) is 2. The van der Waals surface area contributed by atoms with Crippen LogP contribution in [-0.2, 0) is 4.74 Å². The zero-order valence-corrected chi connectivity index (χ0v) is 17.8. The number of aromatic nitrogens is 2. The highest BCUT2D eigenvalue weighted by Crippen LogP contribution is 2.42. The Labute approximate surface area is 175 Å². The molecule has 148 valence electrons. The largest absolute Gasteiger partial charge is 0.458 e. The monoisotopic (exact) mass is 428 g/mol. The molecule has 1 aromatic heterocycles. The van der Waals surface area contributed by atoms with E-state index < -0.39 is 5.50 Å². The standard InChI is InChI=1S/C20H26Cl2N2O2S/c1-2-3-4-5-6-7-14-26-20(25)27-18(16-8-10-17(21)11-9-16)19(22)24-13-12-23-15-24/h8-13,15,18-19H,2-7,14H2,1H3. The molecule has 0 N–H and O–H groups in total. The van der Waals surface area contributed by atoms with Crippen molar-refractivity contribution >= 4 is 40.3 Å². The summed E-state index contributed by atoms with van der Waals surface area (Å²) in [4.78, 5) is 16.4. The molecule has 0 aliphatic carbocycles. The van der Waals surface area contributed by atoms with E-state index >= 15 is 0 Å². The van der Waals surface area contributed by atoms with E-state index in [4.69, 9.17) is 27.9 Å². The van der Waals surface area contributed by atoms with Gasteiger partial charge in [-0.25, -0.2) is 9.78 Å². The lowest BCUT2D eigenvalue weighted by Crippen LogP contribution is -2.12. The molecule has 0 fully saturated rings. The van der Waals surface area contributed by atoms with Gasteiger partial charge in [-0.15, -0.1) is 0 Å². The summed E-state index contributed by atoms with van der Waals surface area (Å²) in [5, 5.41) is 0.0198. The SMILES string of the molecule is CCCCCCCCOC(=O)SC(c1ccc(Cl)cc1)C(Cl)n1ccnc1. The van der Waals surface area contributed by atoms with Gasteiger partial charge in [0.15, 0.2) is 0 Å². The van der Waals surface area contributed by atoms with Crippen LogP contribution in [0.2, 0.25) is 5.02 Å². The van der Waals surface area contributed by atoms with E-state index in [2.05, 4.69) is 11.9 Å². The minimum absolute atomic E-state index is 0.310. The maximum atomic E-state index is 12.3. The van der Waals surface area contributed by atoms with Gasteiger partial charge in [-0.05, 0) is 35.9 Å². The molecule has 0 amide bonds. The van der Waals surface area contributed by atoms with E-state index in [1.54, 1.807) is 35.4 Å². The summed E-state index contributed by atoms with van der Waals surface area (Å²) in [6.45, 7) is 2.65. The van der Waals surface area contributed by atoms with E-state index in [9.17, 15) is 4.79 Å². The molecule has 0 aliphatic rings. The van der Waals surface area contributed by atoms with Gasteiger partial charge in [0.2, 0.25) is 0 Å². The van der Waals surface area contributed by atoms with Crippen molar-refractivity contribution in [3.8, 4) is 0 Å². The Balaban J connectivity index is 1.90. The predicted octanol–water partition coefficient (Wildman–Crippen LogP) is 7.25. The van der Waals surface area contributed by atoms with Crippen LogP contribution in [0.3, 0.4) is 0 Å². The van der Waals surface area contributed by atoms with Crippen LogP contribution in [0.15, 0.2) is 43.0 Å². The summed E-state index contributed by atoms with van der Waals surface area (Å²) in [5.41, 5.74) is 0.440. The Morgan fingerprint density at radius 3 is 2.56 bits per heavy atom. The third kappa shape index (κ3) is 7.76. The molecule has 0 spiro atoms. The molecule has 2 atom stereocenters. The lowest BCUT2D eigenvalue weighted by atomic mass is 10.1. The van der Waals surface area contributed by atoms with Gasteiger partial charge in [0.1, 0.15) is 5.50 Å². The fourth-order valence-corrected chi connectivity index (χ4v) is 4.13. The summed E-state index contributed by atoms with van der Waals surface area (Å²) in [6, 6.07) is 7.36. The molecule has 2 unspecified atom stereocenters. The number of thioether (sulfide) groups is 1. The fraction of sp³-hybridized carbons (Fsp3) is 0.500. The third-order valence-electron chi connectivity index (χ3n) is 4.20. The number of ether oxygens (including phenoxy) is 1. The molecule has 0 saturated heterocycles. The molecule has 0 saturated carbocycles. The average Bonchev–Trinajstić information content (AvgIpc) is 3.20. The van der Waals surface area contributed by atoms with Crippen molar-refractivity contribution in [2.75, 3.05) is 6.61 Å². The number of imidazole rings is 1. The number of benzene rings is 1. The zero-order valence-electron chi connectivity index (χ0n) is 15.5. The van der Waals surface area contributed by atoms with Gasteiger partial charge >= 0.3 is 5.30 Å². The van der Waals surface area contributed by atoms with E-state index in [1.165, 1.54) is 25.7 Å². The van der Waals surface area contributed by atoms with Gasteiger partial charge < -0.3 is 9.30 Å². The molecule has 4 nitrogen and oxygen atoms in total. The van der Waals surface area contributed by atoms with E-state index in [-0.39, 0.29) is 10.6 Å². The molecule has 7 heteroatoms. The van der Waals surface area contributed by atoms with Crippen molar-refractivity contribution in [2.24, 2.45) is 0 Å². The predicted molar refractivity (Wildman–Crippen MR) is 114 cm³/mol. The third-order valence-corrected chi connectivity index (χ3v) is 6.17. The Morgan fingerprint density at radius 1 is 1.19 bits per heavy atom. The second kappa shape index (κ2) is 12.3. The van der Waals surface area contributed by atoms with Crippen LogP contribution < -0.4 is 0 Å². The normalized spacial score (nSPS) is 13.3. The molecule has 27 heavy (non-hydrogen) atoms. The summed E-state index contributed by atoms with van der Waals surface area (Å²) >= 11 is 13.7. The highest BCUT2D eigenvalue weighted by molar-refractivity contribution is 8.13. The topological polar surface area (TPSA) is 44.1 Å². The van der Waals surface area contributed by atoms with Crippen LogP contribution in [0, 0.1) is 0 Å². The molecule has 0 radical (unpaired) electrons. The number of carbonyl (C=O) groups is 1. The average molecular weight is 429 g/mol. The number of rotatable bonds is 11. The van der Waals surface area contributed by atoms with Crippen LogP contribution >= 0.6 is 35.0 Å². The summed E-state index contributed by atoms with van der Waals surface area (Å²) in [5.74, 6) is 0. The number of hydrogen-bond acceptors (Lipinski definition) is 4. The number of hydrogen-bond donors (Lipinski definition) is 0. The van der Waals surface area contributed by atoms with Gasteiger partial charge in [0.25, 0.3) is 0 Å². The smallest absolute Gasteiger partial charge is 0.368 e. The highest BCUT2D eigenvalue weighted by Gasteiger charge is 2.27. The Morgan fingerprint density at radius 2 is 1.89 bits per heavy atom. The van der Waals surface area contributed by atoms with Crippen LogP contribution in [-0.4, -0.2) is 21.5 Å². The summed E-state index contributed by atoms with van der Waals surface area (Å²) < 4.78 is 7.18. The number of alkyl halides is 1. The molecule has 1 aromatic carbocycles. The maximum absolute atomic E-state index is 12.3. The van der Waals surface area contributed by atoms with E-state index in [0.29, 0.717) is 11.6 Å². The number of halogens is 2. The van der Waals surface area contributed by atoms with Crippen molar-refractivity contribution in [3.05, 3.63) is 53.6 Å². The van der Waals surface area contributed by atoms with E-state index in [1.807, 2.05) is 12.1 Å². The van der Waals surface area contributed by atoms with Crippen LogP contribution in [0.25, 0.3) is 0 Å². The van der Waals surface area contributed by atoms with Gasteiger partial charge in [0.05, 0.1) is 18.2 Å². The Bertz CT molecular complexity index is 665. The first-order valence-corrected chi connectivity index (χ1v) is 11.0. The molecular formula is C20H26Cl2N2O2S. The maximum Gasteiger partial charge on any atom is 0.368 e. The molecule has 1 heterocycles. The minimum atomic E-state index is -0.472. The lowest BCUT2D eigenvalue weighted by Gasteiger charge is -2.22. The molecular weight excluding hydrogens is 403 g/mol. The second-order valence-electron chi connectivity index (χ2n) is 6.34. The van der Waals surface area contributed by atoms with Gasteiger partial charge in [-0.2, -0.15) is 0 Å². The van der Waals surface area contributed by atoms with Gasteiger partial charge in [-0.3, -0.25) is 0 Å². The Hall–Kier alpha value is -1.17. The minimum Gasteiger partial charge on any atom is -0.458 e. The van der Waals surface area contributed by atoms with Crippen LogP contribution in [0.4, 0.5) is 4.79 Å². The molecule has 0 bridgehead atoms. The van der Waals surface area contributed by atoms with Crippen LogP contribution in [0.5, 0.6) is 0 Å². The molecule has 0 aliphatic heterocycles. The summed E-state index contributed by atoms with van der Waals surface area (Å²) in [7, 11) is 0. The van der Waals surface area contributed by atoms with Crippen molar-refractivity contribution in [1.29, 1.82) is 0 Å². The van der Waals surface area contributed by atoms with Gasteiger partial charge in [-0.1, -0.05) is 74.4 Å². The zero-order chi connectivity index (χ0) is 19.5. The molecule has 2 aromatic rings. The Kier molecular flexibility index (Phi) is 10.1. The fourth-order valence-electron chi connectivity index (χ4n) is 2.68. The first-order chi connectivity index (χ1) is 13.1. The summed E-state index contributed by atoms with van der Waals surface area (Å²) in [6.07, 6.45) is 12.0. The van der Waals surface area contributed by atoms with E-state index in [0.717, 1.165) is 30.2 Å². The lowest BCUT2D eigenvalue weighted by molar-refractivity contribution is 0.172. The van der Waals surface area contributed by atoms with Gasteiger partial charge in [0, 0.05) is 17.4 Å². The van der Waals surface area contributed by atoms with Crippen LogP contribution in [0.1, 0.15) is 61.8 Å². The van der Waals surface area contributed by atoms with Crippen molar-refractivity contribution in [2.45, 2.75) is 56.2 Å².